The van der Waals surface area contributed by atoms with Gasteiger partial charge >= 0.3 is 0 Å². The smallest absolute Gasteiger partial charge is 0.292 e. The highest BCUT2D eigenvalue weighted by atomic mass is 16.6. The van der Waals surface area contributed by atoms with Crippen molar-refractivity contribution in [2.24, 2.45) is 0 Å². The summed E-state index contributed by atoms with van der Waals surface area (Å²) in [6.45, 7) is 8.34. The summed E-state index contributed by atoms with van der Waals surface area (Å²) in [4.78, 5) is 27.6. The van der Waals surface area contributed by atoms with Crippen LogP contribution in [-0.2, 0) is 14.9 Å². The van der Waals surface area contributed by atoms with Crippen molar-refractivity contribution in [1.29, 1.82) is 0 Å². The first-order valence-electron chi connectivity index (χ1n) is 8.53. The van der Waals surface area contributed by atoms with Gasteiger partial charge in [0.25, 0.3) is 5.69 Å². The van der Waals surface area contributed by atoms with E-state index in [1.807, 2.05) is 0 Å². The standard InChI is InChI=1S/C17H24N4O4/c1-17(2)14-12(4-5-13(15(14)18)21(23)24)20(16(17)22)7-3-6-19-8-10-25-11-9-19/h4-5H,3,6-11,18H2,1-2H3. The van der Waals surface area contributed by atoms with Gasteiger partial charge in [0, 0.05) is 37.8 Å². The number of amides is 1. The zero-order valence-corrected chi connectivity index (χ0v) is 14.7. The van der Waals surface area contributed by atoms with Gasteiger partial charge in [-0.1, -0.05) is 0 Å². The van der Waals surface area contributed by atoms with Crippen molar-refractivity contribution in [1.82, 2.24) is 4.90 Å². The van der Waals surface area contributed by atoms with E-state index in [0.29, 0.717) is 17.8 Å². The molecule has 3 rings (SSSR count). The highest BCUT2D eigenvalue weighted by Crippen LogP contribution is 2.47. The highest BCUT2D eigenvalue weighted by Gasteiger charge is 2.46. The van der Waals surface area contributed by atoms with Crippen molar-refractivity contribution in [3.8, 4) is 0 Å². The van der Waals surface area contributed by atoms with E-state index in [0.717, 1.165) is 39.3 Å². The molecule has 8 heteroatoms. The van der Waals surface area contributed by atoms with Crippen molar-refractivity contribution < 1.29 is 14.5 Å². The van der Waals surface area contributed by atoms with Gasteiger partial charge in [-0.2, -0.15) is 0 Å². The lowest BCUT2D eigenvalue weighted by Gasteiger charge is -2.27. The Bertz CT molecular complexity index is 698. The van der Waals surface area contributed by atoms with Crippen LogP contribution >= 0.6 is 0 Å². The van der Waals surface area contributed by atoms with Crippen LogP contribution in [0.2, 0.25) is 0 Å². The van der Waals surface area contributed by atoms with Crippen LogP contribution in [0.5, 0.6) is 0 Å². The second kappa shape index (κ2) is 6.61. The number of hydrogen-bond acceptors (Lipinski definition) is 6. The molecule has 0 atom stereocenters. The molecule has 0 radical (unpaired) electrons. The van der Waals surface area contributed by atoms with Crippen molar-refractivity contribution in [3.63, 3.8) is 0 Å². The lowest BCUT2D eigenvalue weighted by atomic mass is 9.84. The Morgan fingerprint density at radius 1 is 1.28 bits per heavy atom. The first kappa shape index (κ1) is 17.6. The molecular formula is C17H24N4O4. The maximum Gasteiger partial charge on any atom is 0.292 e. The van der Waals surface area contributed by atoms with Crippen molar-refractivity contribution in [2.75, 3.05) is 50.0 Å². The van der Waals surface area contributed by atoms with Crippen LogP contribution in [0.4, 0.5) is 17.1 Å². The molecule has 0 aromatic heterocycles. The van der Waals surface area contributed by atoms with Crippen LogP contribution in [0.3, 0.4) is 0 Å². The minimum absolute atomic E-state index is 0.0586. The maximum absolute atomic E-state index is 12.9. The third kappa shape index (κ3) is 3.07. The SMILES string of the molecule is CC1(C)C(=O)N(CCCN2CCOCC2)c2ccc([N+](=O)[O-])c(N)c21. The molecular weight excluding hydrogens is 324 g/mol. The van der Waals surface area contributed by atoms with Crippen molar-refractivity contribution in [3.05, 3.63) is 27.8 Å². The quantitative estimate of drug-likeness (QED) is 0.492. The fourth-order valence-electron chi connectivity index (χ4n) is 3.69. The van der Waals surface area contributed by atoms with Gasteiger partial charge in [-0.25, -0.2) is 0 Å². The number of nitrogen functional groups attached to an aromatic ring is 1. The molecule has 1 fully saturated rings. The number of morpholine rings is 1. The molecule has 1 amide bonds. The van der Waals surface area contributed by atoms with E-state index in [9.17, 15) is 14.9 Å². The summed E-state index contributed by atoms with van der Waals surface area (Å²) in [5, 5.41) is 11.2. The molecule has 2 aliphatic rings. The molecule has 2 heterocycles. The molecule has 1 saturated heterocycles. The Labute approximate surface area is 146 Å². The molecule has 1 aromatic carbocycles. The Hall–Kier alpha value is -2.19. The normalized spacial score (nSPS) is 19.9. The van der Waals surface area contributed by atoms with Gasteiger partial charge in [0.05, 0.1) is 29.2 Å². The van der Waals surface area contributed by atoms with Gasteiger partial charge in [0.2, 0.25) is 5.91 Å². The third-order valence-corrected chi connectivity index (χ3v) is 5.05. The number of nitro benzene ring substituents is 1. The molecule has 0 unspecified atom stereocenters. The third-order valence-electron chi connectivity index (χ3n) is 5.05. The molecule has 1 aromatic rings. The zero-order chi connectivity index (χ0) is 18.2. The highest BCUT2D eigenvalue weighted by molar-refractivity contribution is 6.10. The maximum atomic E-state index is 12.9. The van der Waals surface area contributed by atoms with Crippen LogP contribution in [0.25, 0.3) is 0 Å². The summed E-state index contributed by atoms with van der Waals surface area (Å²) in [7, 11) is 0. The Kier molecular flexibility index (Phi) is 4.66. The van der Waals surface area contributed by atoms with Gasteiger partial charge in [0.1, 0.15) is 5.69 Å². The van der Waals surface area contributed by atoms with E-state index < -0.39 is 10.3 Å². The van der Waals surface area contributed by atoms with E-state index in [1.54, 1.807) is 24.8 Å². The summed E-state index contributed by atoms with van der Waals surface area (Å²) < 4.78 is 5.34. The molecule has 0 bridgehead atoms. The summed E-state index contributed by atoms with van der Waals surface area (Å²) in [5.41, 5.74) is 6.39. The fraction of sp³-hybridized carbons (Fsp3) is 0.588. The van der Waals surface area contributed by atoms with Gasteiger partial charge in [0.15, 0.2) is 0 Å². The number of nitro groups is 1. The van der Waals surface area contributed by atoms with Crippen molar-refractivity contribution >= 4 is 23.0 Å². The van der Waals surface area contributed by atoms with Crippen LogP contribution in [0.15, 0.2) is 12.1 Å². The summed E-state index contributed by atoms with van der Waals surface area (Å²) in [5.74, 6) is -0.0586. The second-order valence-corrected chi connectivity index (χ2v) is 7.04. The number of carbonyl (C=O) groups excluding carboxylic acids is 1. The second-order valence-electron chi connectivity index (χ2n) is 7.04. The molecule has 0 spiro atoms. The number of hydrogen-bond donors (Lipinski definition) is 1. The molecule has 2 N–H and O–H groups in total. The van der Waals surface area contributed by atoms with Crippen LogP contribution in [0, 0.1) is 10.1 Å². The number of nitrogens with zero attached hydrogens (tertiary/aromatic N) is 3. The van der Waals surface area contributed by atoms with Crippen molar-refractivity contribution in [2.45, 2.75) is 25.7 Å². The summed E-state index contributed by atoms with van der Waals surface area (Å²) in [6, 6.07) is 3.03. The average Bonchev–Trinajstić information content (AvgIpc) is 2.77. The Balaban J connectivity index is 1.79. The van der Waals surface area contributed by atoms with Gasteiger partial charge in [-0.15, -0.1) is 0 Å². The lowest BCUT2D eigenvalue weighted by Crippen LogP contribution is -2.40. The van der Waals surface area contributed by atoms with Gasteiger partial charge in [-0.3, -0.25) is 19.8 Å². The lowest BCUT2D eigenvalue weighted by molar-refractivity contribution is -0.383. The number of fused-ring (bicyclic) bond motifs is 1. The van der Waals surface area contributed by atoms with E-state index in [1.165, 1.54) is 6.07 Å². The monoisotopic (exact) mass is 348 g/mol. The van der Waals surface area contributed by atoms with E-state index in [-0.39, 0.29) is 17.3 Å². The number of nitrogens with two attached hydrogens (primary N) is 1. The average molecular weight is 348 g/mol. The molecule has 0 aliphatic carbocycles. The van der Waals surface area contributed by atoms with E-state index in [2.05, 4.69) is 4.90 Å². The minimum atomic E-state index is -0.857. The van der Waals surface area contributed by atoms with Crippen LogP contribution in [-0.4, -0.2) is 55.1 Å². The number of rotatable bonds is 5. The van der Waals surface area contributed by atoms with E-state index >= 15 is 0 Å². The number of anilines is 2. The number of carbonyl (C=O) groups is 1. The molecule has 25 heavy (non-hydrogen) atoms. The number of benzene rings is 1. The topological polar surface area (TPSA) is 102 Å². The minimum Gasteiger partial charge on any atom is -0.393 e. The Morgan fingerprint density at radius 2 is 1.96 bits per heavy atom. The molecule has 8 nitrogen and oxygen atoms in total. The Morgan fingerprint density at radius 3 is 2.60 bits per heavy atom. The first-order valence-corrected chi connectivity index (χ1v) is 8.53. The largest absolute Gasteiger partial charge is 0.393 e. The fourth-order valence-corrected chi connectivity index (χ4v) is 3.69. The van der Waals surface area contributed by atoms with Crippen LogP contribution in [0.1, 0.15) is 25.8 Å². The molecule has 2 aliphatic heterocycles. The predicted molar refractivity (Wildman–Crippen MR) is 94.8 cm³/mol. The molecule has 136 valence electrons. The zero-order valence-electron chi connectivity index (χ0n) is 14.7. The summed E-state index contributed by atoms with van der Waals surface area (Å²) >= 11 is 0. The van der Waals surface area contributed by atoms with Gasteiger partial charge in [-0.05, 0) is 26.3 Å². The van der Waals surface area contributed by atoms with E-state index in [4.69, 9.17) is 10.5 Å². The summed E-state index contributed by atoms with van der Waals surface area (Å²) in [6.07, 6.45) is 0.832. The first-order chi connectivity index (χ1) is 11.8. The van der Waals surface area contributed by atoms with Gasteiger partial charge < -0.3 is 15.4 Å². The van der Waals surface area contributed by atoms with Crippen LogP contribution < -0.4 is 10.6 Å². The number of ether oxygens (including phenoxy) is 1. The predicted octanol–water partition coefficient (Wildman–Crippen LogP) is 1.52. The molecule has 0 saturated carbocycles.